The average Bonchev–Trinajstić information content (AvgIpc) is 3.53. The second-order valence-corrected chi connectivity index (χ2v) is 10.6. The van der Waals surface area contributed by atoms with Crippen molar-refractivity contribution in [2.45, 2.75) is 83.3 Å². The number of likely N-dealkylation sites (tertiary alicyclic amines) is 1. The molecule has 0 bridgehead atoms. The zero-order valence-electron chi connectivity index (χ0n) is 20.4. The molecule has 2 aliphatic rings. The van der Waals surface area contributed by atoms with Crippen LogP contribution in [0.5, 0.6) is 0 Å². The maximum atomic E-state index is 13.5. The van der Waals surface area contributed by atoms with Gasteiger partial charge in [0.05, 0.1) is 11.0 Å². The van der Waals surface area contributed by atoms with Gasteiger partial charge in [0.1, 0.15) is 17.6 Å². The molecule has 196 valence electrons. The van der Waals surface area contributed by atoms with Gasteiger partial charge in [0.25, 0.3) is 11.8 Å². The third-order valence-electron chi connectivity index (χ3n) is 6.79. The summed E-state index contributed by atoms with van der Waals surface area (Å²) in [5, 5.41) is 15.1. The van der Waals surface area contributed by atoms with Crippen molar-refractivity contribution in [3.8, 4) is 10.4 Å². The monoisotopic (exact) mass is 525 g/mol. The van der Waals surface area contributed by atoms with Gasteiger partial charge in [0, 0.05) is 30.4 Å². The van der Waals surface area contributed by atoms with Crippen LogP contribution in [0.25, 0.3) is 10.4 Å². The number of hydrogen-bond acceptors (Lipinski definition) is 7. The van der Waals surface area contributed by atoms with Gasteiger partial charge in [0.2, 0.25) is 0 Å². The predicted octanol–water partition coefficient (Wildman–Crippen LogP) is 4.14. The van der Waals surface area contributed by atoms with Crippen LogP contribution in [0.1, 0.15) is 71.8 Å². The molecule has 0 radical (unpaired) electrons. The molecule has 2 aromatic heterocycles. The number of anilines is 1. The molecular weight excluding hydrogens is 495 g/mol. The number of aromatic nitrogens is 2. The van der Waals surface area contributed by atoms with Gasteiger partial charge in [-0.05, 0) is 64.5 Å². The Hall–Kier alpha value is -2.73. The number of amides is 2. The fourth-order valence-electron chi connectivity index (χ4n) is 4.63. The Kier molecular flexibility index (Phi) is 7.56. The van der Waals surface area contributed by atoms with E-state index in [4.69, 9.17) is 0 Å². The highest BCUT2D eigenvalue weighted by Crippen LogP contribution is 2.35. The minimum atomic E-state index is -4.42. The zero-order chi connectivity index (χ0) is 26.2. The summed E-state index contributed by atoms with van der Waals surface area (Å²) in [6, 6.07) is -0.415. The molecule has 3 N–H and O–H groups in total. The fraction of sp³-hybridized carbons (Fsp3) is 0.583. The van der Waals surface area contributed by atoms with Crippen LogP contribution in [-0.2, 0) is 0 Å². The van der Waals surface area contributed by atoms with E-state index in [2.05, 4.69) is 20.6 Å². The molecule has 8 nitrogen and oxygen atoms in total. The Bertz CT molecular complexity index is 1140. The van der Waals surface area contributed by atoms with Gasteiger partial charge in [0.15, 0.2) is 5.01 Å². The molecule has 36 heavy (non-hydrogen) atoms. The number of pyridine rings is 1. The number of hydrogen-bond donors (Lipinski definition) is 3. The summed E-state index contributed by atoms with van der Waals surface area (Å²) in [4.78, 5) is 37.2. The lowest BCUT2D eigenvalue weighted by Gasteiger charge is -2.21. The molecule has 1 saturated heterocycles. The second kappa shape index (κ2) is 10.3. The Balaban J connectivity index is 1.66. The number of aliphatic hydroxyl groups is 1. The zero-order valence-corrected chi connectivity index (χ0v) is 21.2. The third-order valence-corrected chi connectivity index (χ3v) is 7.88. The molecular formula is C24H30F3N5O3S. The van der Waals surface area contributed by atoms with Crippen LogP contribution < -0.4 is 10.6 Å². The first-order valence-electron chi connectivity index (χ1n) is 12.0. The minimum absolute atomic E-state index is 0.0407. The number of nitrogens with zero attached hydrogens (tertiary/aromatic N) is 3. The van der Waals surface area contributed by atoms with E-state index in [0.717, 1.165) is 31.1 Å². The molecule has 1 aliphatic carbocycles. The minimum Gasteiger partial charge on any atom is -0.393 e. The normalized spacial score (nSPS) is 23.1. The summed E-state index contributed by atoms with van der Waals surface area (Å²) in [6.07, 6.45) is 0.0386. The van der Waals surface area contributed by atoms with E-state index in [1.807, 2.05) is 6.92 Å². The first kappa shape index (κ1) is 26.3. The highest BCUT2D eigenvalue weighted by Gasteiger charge is 2.36. The van der Waals surface area contributed by atoms with Crippen LogP contribution in [0.15, 0.2) is 12.3 Å². The van der Waals surface area contributed by atoms with Crippen LogP contribution in [0.4, 0.5) is 19.0 Å². The lowest BCUT2D eigenvalue weighted by atomic mass is 10.1. The van der Waals surface area contributed by atoms with Gasteiger partial charge in [-0.15, -0.1) is 11.3 Å². The van der Waals surface area contributed by atoms with Crippen molar-refractivity contribution in [2.75, 3.05) is 11.9 Å². The number of halogens is 3. The van der Waals surface area contributed by atoms with E-state index >= 15 is 0 Å². The lowest BCUT2D eigenvalue weighted by Crippen LogP contribution is -2.35. The van der Waals surface area contributed by atoms with Crippen molar-refractivity contribution in [2.24, 2.45) is 0 Å². The van der Waals surface area contributed by atoms with Crippen LogP contribution >= 0.6 is 11.3 Å². The lowest BCUT2D eigenvalue weighted by molar-refractivity contribution is -0.138. The number of thiazole rings is 1. The van der Waals surface area contributed by atoms with Gasteiger partial charge in [-0.1, -0.05) is 0 Å². The van der Waals surface area contributed by atoms with Crippen LogP contribution in [0, 0.1) is 6.92 Å². The molecule has 0 aromatic carbocycles. The summed E-state index contributed by atoms with van der Waals surface area (Å²) in [5.41, 5.74) is 1.27. The number of alkyl halides is 3. The third kappa shape index (κ3) is 5.64. The molecule has 1 saturated carbocycles. The molecule has 4 atom stereocenters. The first-order valence-corrected chi connectivity index (χ1v) is 12.9. The first-order chi connectivity index (χ1) is 16.9. The quantitative estimate of drug-likeness (QED) is 0.523. The van der Waals surface area contributed by atoms with Crippen molar-refractivity contribution in [1.29, 1.82) is 0 Å². The maximum absolute atomic E-state index is 13.5. The standard InChI is InChI=1S/C24H30F3N5O3S/c1-12-9-18(29-14(3)24(25,26)27)28-11-17(12)20-19(23(35)32-8-4-5-13(32)2)31-22(36-20)21(34)30-15-6-7-16(33)10-15/h9,11,13-16,33H,4-8,10H2,1-3H3,(H,28,29)(H,30,34)/t13-,14-,15-,16-/m0/s1. The molecule has 0 unspecified atom stereocenters. The molecule has 0 spiro atoms. The van der Waals surface area contributed by atoms with E-state index in [0.29, 0.717) is 41.8 Å². The van der Waals surface area contributed by atoms with Crippen molar-refractivity contribution in [3.05, 3.63) is 28.5 Å². The summed E-state index contributed by atoms with van der Waals surface area (Å²) in [6.45, 7) is 5.28. The second-order valence-electron chi connectivity index (χ2n) is 9.62. The van der Waals surface area contributed by atoms with Gasteiger partial charge in [-0.2, -0.15) is 13.2 Å². The molecule has 4 rings (SSSR count). The van der Waals surface area contributed by atoms with Gasteiger partial charge in [-0.25, -0.2) is 9.97 Å². The van der Waals surface area contributed by atoms with Gasteiger partial charge < -0.3 is 20.6 Å². The van der Waals surface area contributed by atoms with Crippen LogP contribution in [0.2, 0.25) is 0 Å². The maximum Gasteiger partial charge on any atom is 0.408 e. The summed E-state index contributed by atoms with van der Waals surface area (Å²) in [7, 11) is 0. The summed E-state index contributed by atoms with van der Waals surface area (Å²) >= 11 is 1.06. The van der Waals surface area contributed by atoms with E-state index in [9.17, 15) is 27.9 Å². The summed E-state index contributed by atoms with van der Waals surface area (Å²) in [5.74, 6) is -0.643. The molecule has 12 heteroatoms. The largest absolute Gasteiger partial charge is 0.408 e. The number of rotatable bonds is 6. The number of aliphatic hydroxyl groups excluding tert-OH is 1. The highest BCUT2D eigenvalue weighted by molar-refractivity contribution is 7.17. The van der Waals surface area contributed by atoms with Crippen molar-refractivity contribution in [1.82, 2.24) is 20.2 Å². The van der Waals surface area contributed by atoms with Crippen molar-refractivity contribution < 1.29 is 27.9 Å². The highest BCUT2D eigenvalue weighted by atomic mass is 32.1. The number of nitrogens with one attached hydrogen (secondary N) is 2. The smallest absolute Gasteiger partial charge is 0.393 e. The molecule has 2 aromatic rings. The van der Waals surface area contributed by atoms with Crippen LogP contribution in [-0.4, -0.2) is 68.7 Å². The molecule has 2 amide bonds. The fourth-order valence-corrected chi connectivity index (χ4v) is 5.66. The van der Waals surface area contributed by atoms with Gasteiger partial charge >= 0.3 is 6.18 Å². The van der Waals surface area contributed by atoms with E-state index in [-0.39, 0.29) is 34.5 Å². The van der Waals surface area contributed by atoms with E-state index in [1.165, 1.54) is 12.3 Å². The number of aryl methyl sites for hydroxylation is 1. The average molecular weight is 526 g/mol. The number of carbonyl (C=O) groups excluding carboxylic acids is 2. The Morgan fingerprint density at radius 2 is 2.03 bits per heavy atom. The Morgan fingerprint density at radius 1 is 1.28 bits per heavy atom. The van der Waals surface area contributed by atoms with Gasteiger partial charge in [-0.3, -0.25) is 9.59 Å². The SMILES string of the molecule is Cc1cc(N[C@@H](C)C(F)(F)F)ncc1-c1sc(C(=O)N[C@H]2CC[C@H](O)C2)nc1C(=O)N1CCC[C@@H]1C. The Labute approximate surface area is 211 Å². The van der Waals surface area contributed by atoms with Crippen LogP contribution in [0.3, 0.4) is 0 Å². The topological polar surface area (TPSA) is 107 Å². The van der Waals surface area contributed by atoms with Crippen molar-refractivity contribution in [3.63, 3.8) is 0 Å². The molecule has 1 aliphatic heterocycles. The molecule has 3 heterocycles. The van der Waals surface area contributed by atoms with E-state index < -0.39 is 24.2 Å². The Morgan fingerprint density at radius 3 is 2.61 bits per heavy atom. The predicted molar refractivity (Wildman–Crippen MR) is 130 cm³/mol. The molecule has 2 fully saturated rings. The number of carbonyl (C=O) groups is 2. The van der Waals surface area contributed by atoms with Crippen molar-refractivity contribution >= 4 is 29.0 Å². The van der Waals surface area contributed by atoms with E-state index in [1.54, 1.807) is 11.8 Å². The summed E-state index contributed by atoms with van der Waals surface area (Å²) < 4.78 is 38.9.